The zero-order valence-electron chi connectivity index (χ0n) is 14.9. The van der Waals surface area contributed by atoms with E-state index in [0.717, 1.165) is 29.7 Å². The SMILES string of the molecule is COc1ccccc1-c1ccc2c(c1)NC(C1CCCCC1)NS2(=O)=O. The van der Waals surface area contributed by atoms with Crippen molar-refractivity contribution in [3.63, 3.8) is 0 Å². The van der Waals surface area contributed by atoms with E-state index in [1.54, 1.807) is 13.2 Å². The highest BCUT2D eigenvalue weighted by atomic mass is 32.2. The van der Waals surface area contributed by atoms with Gasteiger partial charge in [0.15, 0.2) is 0 Å². The molecule has 1 saturated carbocycles. The highest BCUT2D eigenvalue weighted by Gasteiger charge is 2.34. The van der Waals surface area contributed by atoms with Crippen molar-refractivity contribution < 1.29 is 13.2 Å². The van der Waals surface area contributed by atoms with Crippen LogP contribution in [0.1, 0.15) is 32.1 Å². The fourth-order valence-corrected chi connectivity index (χ4v) is 5.40. The standard InChI is InChI=1S/C20H24N2O3S/c1-25-18-10-6-5-9-16(18)15-11-12-19-17(13-15)21-20(22-26(19,23)24)14-7-3-2-4-8-14/h5-6,9-14,20-22H,2-4,7-8H2,1H3. The lowest BCUT2D eigenvalue weighted by Crippen LogP contribution is -2.49. The van der Waals surface area contributed by atoms with Crippen molar-refractivity contribution in [1.29, 1.82) is 0 Å². The van der Waals surface area contributed by atoms with Crippen molar-refractivity contribution in [2.45, 2.75) is 43.2 Å². The third kappa shape index (κ3) is 3.19. The van der Waals surface area contributed by atoms with E-state index in [4.69, 9.17) is 4.74 Å². The van der Waals surface area contributed by atoms with Crippen LogP contribution in [0.4, 0.5) is 5.69 Å². The Hall–Kier alpha value is -2.05. The van der Waals surface area contributed by atoms with Crippen LogP contribution < -0.4 is 14.8 Å². The van der Waals surface area contributed by atoms with Crippen LogP contribution in [-0.4, -0.2) is 21.7 Å². The second-order valence-corrected chi connectivity index (χ2v) is 8.74. The summed E-state index contributed by atoms with van der Waals surface area (Å²) in [6, 6.07) is 13.2. The van der Waals surface area contributed by atoms with Crippen molar-refractivity contribution in [3.8, 4) is 16.9 Å². The zero-order chi connectivity index (χ0) is 18.1. The molecule has 2 aromatic carbocycles. The van der Waals surface area contributed by atoms with E-state index < -0.39 is 10.0 Å². The lowest BCUT2D eigenvalue weighted by atomic mass is 9.87. The number of methoxy groups -OCH3 is 1. The van der Waals surface area contributed by atoms with Gasteiger partial charge < -0.3 is 10.1 Å². The molecule has 0 saturated heterocycles. The van der Waals surface area contributed by atoms with Gasteiger partial charge in [-0.3, -0.25) is 0 Å². The first kappa shape index (κ1) is 17.4. The van der Waals surface area contributed by atoms with Crippen molar-refractivity contribution >= 4 is 15.7 Å². The summed E-state index contributed by atoms with van der Waals surface area (Å²) in [5.74, 6) is 1.11. The van der Waals surface area contributed by atoms with Crippen LogP contribution in [0, 0.1) is 5.92 Å². The summed E-state index contributed by atoms with van der Waals surface area (Å²) in [5.41, 5.74) is 2.56. The first-order valence-corrected chi connectivity index (χ1v) is 10.6. The molecule has 0 bridgehead atoms. The van der Waals surface area contributed by atoms with Gasteiger partial charge in [0, 0.05) is 5.56 Å². The maximum absolute atomic E-state index is 12.7. The monoisotopic (exact) mass is 372 g/mol. The summed E-state index contributed by atoms with van der Waals surface area (Å²) in [7, 11) is -1.86. The number of para-hydroxylation sites is 1. The average molecular weight is 372 g/mol. The number of anilines is 1. The minimum Gasteiger partial charge on any atom is -0.496 e. The minimum absolute atomic E-state index is 0.235. The Labute approximate surface area is 154 Å². The molecule has 0 amide bonds. The molecular formula is C20H24N2O3S. The van der Waals surface area contributed by atoms with Crippen molar-refractivity contribution in [2.24, 2.45) is 5.92 Å². The van der Waals surface area contributed by atoms with Crippen LogP contribution in [0.15, 0.2) is 47.4 Å². The molecule has 1 aliphatic heterocycles. The zero-order valence-corrected chi connectivity index (χ0v) is 15.7. The fraction of sp³-hybridized carbons (Fsp3) is 0.400. The summed E-state index contributed by atoms with van der Waals surface area (Å²) in [6.07, 6.45) is 5.45. The topological polar surface area (TPSA) is 67.4 Å². The van der Waals surface area contributed by atoms with Gasteiger partial charge in [-0.2, -0.15) is 4.72 Å². The molecule has 0 spiro atoms. The molecule has 2 aliphatic rings. The van der Waals surface area contributed by atoms with Gasteiger partial charge in [-0.25, -0.2) is 8.42 Å². The Morgan fingerprint density at radius 1 is 1.04 bits per heavy atom. The fourth-order valence-electron chi connectivity index (χ4n) is 4.04. The molecule has 1 unspecified atom stereocenters. The number of hydrogen-bond donors (Lipinski definition) is 2. The predicted octanol–water partition coefficient (Wildman–Crippen LogP) is 3.97. The largest absolute Gasteiger partial charge is 0.496 e. The molecule has 4 rings (SSSR count). The highest BCUT2D eigenvalue weighted by molar-refractivity contribution is 7.89. The Balaban J connectivity index is 1.72. The molecule has 138 valence electrons. The van der Waals surface area contributed by atoms with E-state index >= 15 is 0 Å². The summed E-state index contributed by atoms with van der Waals surface area (Å²) in [6.45, 7) is 0. The van der Waals surface area contributed by atoms with Crippen molar-refractivity contribution in [3.05, 3.63) is 42.5 Å². The third-order valence-electron chi connectivity index (χ3n) is 5.40. The number of sulfonamides is 1. The predicted molar refractivity (Wildman–Crippen MR) is 103 cm³/mol. The van der Waals surface area contributed by atoms with Crippen molar-refractivity contribution in [2.75, 3.05) is 12.4 Å². The molecule has 0 radical (unpaired) electrons. The van der Waals surface area contributed by atoms with Crippen LogP contribution in [0.3, 0.4) is 0 Å². The Bertz CT molecular complexity index is 905. The number of ether oxygens (including phenoxy) is 1. The smallest absolute Gasteiger partial charge is 0.244 e. The van der Waals surface area contributed by atoms with Gasteiger partial charge in [-0.1, -0.05) is 43.5 Å². The van der Waals surface area contributed by atoms with Gasteiger partial charge >= 0.3 is 0 Å². The first-order valence-electron chi connectivity index (χ1n) is 9.15. The molecule has 1 fully saturated rings. The molecule has 2 aromatic rings. The van der Waals surface area contributed by atoms with Crippen LogP contribution in [0.2, 0.25) is 0 Å². The van der Waals surface area contributed by atoms with Crippen LogP contribution in [0.5, 0.6) is 5.75 Å². The van der Waals surface area contributed by atoms with Gasteiger partial charge in [0.05, 0.1) is 19.0 Å². The van der Waals surface area contributed by atoms with Crippen LogP contribution >= 0.6 is 0 Å². The van der Waals surface area contributed by atoms with E-state index in [0.29, 0.717) is 16.5 Å². The maximum Gasteiger partial charge on any atom is 0.244 e. The molecule has 5 nitrogen and oxygen atoms in total. The molecule has 0 aromatic heterocycles. The summed E-state index contributed by atoms with van der Waals surface area (Å²) < 4.78 is 33.7. The average Bonchev–Trinajstić information content (AvgIpc) is 2.67. The maximum atomic E-state index is 12.7. The van der Waals surface area contributed by atoms with Crippen molar-refractivity contribution in [1.82, 2.24) is 4.72 Å². The molecule has 1 aliphatic carbocycles. The van der Waals surface area contributed by atoms with Crippen LogP contribution in [0.25, 0.3) is 11.1 Å². The Morgan fingerprint density at radius 2 is 1.81 bits per heavy atom. The molecule has 6 heteroatoms. The molecule has 26 heavy (non-hydrogen) atoms. The van der Waals surface area contributed by atoms with E-state index in [-0.39, 0.29) is 6.17 Å². The number of fused-ring (bicyclic) bond motifs is 1. The van der Waals surface area contributed by atoms with Gasteiger partial charge in [-0.15, -0.1) is 0 Å². The van der Waals surface area contributed by atoms with Gasteiger partial charge in [0.25, 0.3) is 0 Å². The Morgan fingerprint density at radius 3 is 2.58 bits per heavy atom. The van der Waals surface area contributed by atoms with Gasteiger partial charge in [0.2, 0.25) is 10.0 Å². The third-order valence-corrected chi connectivity index (χ3v) is 6.90. The van der Waals surface area contributed by atoms with Crippen LogP contribution in [-0.2, 0) is 10.0 Å². The van der Waals surface area contributed by atoms with E-state index in [1.165, 1.54) is 19.3 Å². The Kier molecular flexibility index (Phi) is 4.63. The highest BCUT2D eigenvalue weighted by Crippen LogP contribution is 2.37. The number of hydrogen-bond acceptors (Lipinski definition) is 4. The van der Waals surface area contributed by atoms with Gasteiger partial charge in [-0.05, 0) is 42.5 Å². The molecule has 1 heterocycles. The van der Waals surface area contributed by atoms with E-state index in [1.807, 2.05) is 36.4 Å². The number of nitrogens with one attached hydrogen (secondary N) is 2. The normalized spacial score (nSPS) is 22.3. The van der Waals surface area contributed by atoms with E-state index in [9.17, 15) is 8.42 Å². The second-order valence-electron chi connectivity index (χ2n) is 7.05. The lowest BCUT2D eigenvalue weighted by Gasteiger charge is -2.35. The summed E-state index contributed by atoms with van der Waals surface area (Å²) >= 11 is 0. The first-order chi connectivity index (χ1) is 12.6. The minimum atomic E-state index is -3.50. The van der Waals surface area contributed by atoms with E-state index in [2.05, 4.69) is 10.0 Å². The summed E-state index contributed by atoms with van der Waals surface area (Å²) in [5, 5.41) is 3.44. The second kappa shape index (κ2) is 6.93. The molecular weight excluding hydrogens is 348 g/mol. The molecule has 1 atom stereocenters. The number of rotatable bonds is 3. The molecule has 2 N–H and O–H groups in total. The quantitative estimate of drug-likeness (QED) is 0.855. The lowest BCUT2D eigenvalue weighted by molar-refractivity contribution is 0.306. The number of benzene rings is 2. The van der Waals surface area contributed by atoms with Gasteiger partial charge in [0.1, 0.15) is 10.6 Å². The summed E-state index contributed by atoms with van der Waals surface area (Å²) in [4.78, 5) is 0.309.